The van der Waals surface area contributed by atoms with Crippen molar-refractivity contribution in [3.8, 4) is 5.75 Å². The highest BCUT2D eigenvalue weighted by molar-refractivity contribution is 9.10. The first-order valence-corrected chi connectivity index (χ1v) is 7.18. The van der Waals surface area contributed by atoms with E-state index in [1.54, 1.807) is 13.3 Å². The van der Waals surface area contributed by atoms with Gasteiger partial charge in [-0.05, 0) is 52.5 Å². The SMILES string of the molecule is COc1cccc(CCNc2ncc(N)c(C)c2Br)c1. The van der Waals surface area contributed by atoms with Crippen molar-refractivity contribution in [2.24, 2.45) is 0 Å². The molecule has 0 fully saturated rings. The number of hydrogen-bond acceptors (Lipinski definition) is 4. The van der Waals surface area contributed by atoms with E-state index in [0.29, 0.717) is 5.69 Å². The van der Waals surface area contributed by atoms with Crippen molar-refractivity contribution in [1.82, 2.24) is 4.98 Å². The molecule has 1 aromatic heterocycles. The van der Waals surface area contributed by atoms with Crippen LogP contribution in [0.1, 0.15) is 11.1 Å². The molecular weight excluding hydrogens is 318 g/mol. The lowest BCUT2D eigenvalue weighted by Gasteiger charge is -2.11. The maximum atomic E-state index is 5.81. The Kier molecular flexibility index (Phi) is 4.84. The molecule has 0 atom stereocenters. The standard InChI is InChI=1S/C15H18BrN3O/c1-10-13(17)9-19-15(14(10)16)18-7-6-11-4-3-5-12(8-11)20-2/h3-5,8-9H,6-7,17H2,1-2H3,(H,18,19). The van der Waals surface area contributed by atoms with Gasteiger partial charge in [-0.3, -0.25) is 0 Å². The van der Waals surface area contributed by atoms with Gasteiger partial charge in [-0.1, -0.05) is 12.1 Å². The number of methoxy groups -OCH3 is 1. The molecule has 2 aromatic rings. The Bertz CT molecular complexity index is 602. The second kappa shape index (κ2) is 6.61. The monoisotopic (exact) mass is 335 g/mol. The van der Waals surface area contributed by atoms with E-state index in [4.69, 9.17) is 10.5 Å². The van der Waals surface area contributed by atoms with Crippen LogP contribution in [0.25, 0.3) is 0 Å². The molecular formula is C15H18BrN3O. The first-order chi connectivity index (χ1) is 9.61. The number of halogens is 1. The molecule has 0 saturated carbocycles. The second-order valence-corrected chi connectivity index (χ2v) is 5.32. The van der Waals surface area contributed by atoms with Crippen LogP contribution in [0.3, 0.4) is 0 Å². The number of nitrogens with zero attached hydrogens (tertiary/aromatic N) is 1. The number of nitrogens with one attached hydrogen (secondary N) is 1. The third-order valence-corrected chi connectivity index (χ3v) is 4.11. The summed E-state index contributed by atoms with van der Waals surface area (Å²) in [6, 6.07) is 8.06. The summed E-state index contributed by atoms with van der Waals surface area (Å²) in [6.07, 6.45) is 2.57. The van der Waals surface area contributed by atoms with E-state index in [0.717, 1.165) is 34.6 Å². The number of anilines is 2. The summed E-state index contributed by atoms with van der Waals surface area (Å²) in [4.78, 5) is 4.30. The van der Waals surface area contributed by atoms with E-state index in [1.165, 1.54) is 5.56 Å². The Balaban J connectivity index is 1.97. The van der Waals surface area contributed by atoms with Gasteiger partial charge in [0, 0.05) is 6.54 Å². The molecule has 0 aliphatic heterocycles. The number of ether oxygens (including phenoxy) is 1. The van der Waals surface area contributed by atoms with Crippen LogP contribution in [-0.4, -0.2) is 18.6 Å². The predicted molar refractivity (Wildman–Crippen MR) is 86.3 cm³/mol. The summed E-state index contributed by atoms with van der Waals surface area (Å²) in [5, 5.41) is 3.31. The third kappa shape index (κ3) is 3.42. The number of hydrogen-bond donors (Lipinski definition) is 2. The first kappa shape index (κ1) is 14.7. The fourth-order valence-corrected chi connectivity index (χ4v) is 2.34. The summed E-state index contributed by atoms with van der Waals surface area (Å²) in [7, 11) is 1.68. The van der Waals surface area contributed by atoms with Crippen LogP contribution in [-0.2, 0) is 6.42 Å². The predicted octanol–water partition coefficient (Wildman–Crippen LogP) is 3.40. The largest absolute Gasteiger partial charge is 0.497 e. The highest BCUT2D eigenvalue weighted by Gasteiger charge is 2.06. The summed E-state index contributed by atoms with van der Waals surface area (Å²) in [6.45, 7) is 2.76. The zero-order valence-corrected chi connectivity index (χ0v) is 13.2. The van der Waals surface area contributed by atoms with Gasteiger partial charge in [0.15, 0.2) is 0 Å². The zero-order valence-electron chi connectivity index (χ0n) is 11.6. The minimum atomic E-state index is 0.690. The average molecular weight is 336 g/mol. The molecule has 0 aliphatic carbocycles. The van der Waals surface area contributed by atoms with Crippen LogP contribution in [0, 0.1) is 6.92 Å². The molecule has 1 heterocycles. The van der Waals surface area contributed by atoms with E-state index in [9.17, 15) is 0 Å². The minimum absolute atomic E-state index is 0.690. The Hall–Kier alpha value is -1.75. The third-order valence-electron chi connectivity index (χ3n) is 3.14. The van der Waals surface area contributed by atoms with Crippen molar-refractivity contribution >= 4 is 27.4 Å². The molecule has 0 spiro atoms. The minimum Gasteiger partial charge on any atom is -0.497 e. The summed E-state index contributed by atoms with van der Waals surface area (Å²) < 4.78 is 6.13. The van der Waals surface area contributed by atoms with E-state index in [1.807, 2.05) is 25.1 Å². The van der Waals surface area contributed by atoms with Crippen LogP contribution in [0.2, 0.25) is 0 Å². The number of nitrogens with two attached hydrogens (primary N) is 1. The van der Waals surface area contributed by atoms with Gasteiger partial charge in [-0.2, -0.15) is 0 Å². The van der Waals surface area contributed by atoms with Crippen LogP contribution in [0.15, 0.2) is 34.9 Å². The molecule has 3 N–H and O–H groups in total. The fourth-order valence-electron chi connectivity index (χ4n) is 1.87. The lowest BCUT2D eigenvalue weighted by molar-refractivity contribution is 0.414. The quantitative estimate of drug-likeness (QED) is 0.879. The number of nitrogen functional groups attached to an aromatic ring is 1. The van der Waals surface area contributed by atoms with Gasteiger partial charge >= 0.3 is 0 Å². The van der Waals surface area contributed by atoms with Crippen molar-refractivity contribution in [3.63, 3.8) is 0 Å². The van der Waals surface area contributed by atoms with Gasteiger partial charge in [0.2, 0.25) is 0 Å². The molecule has 1 aromatic carbocycles. The van der Waals surface area contributed by atoms with E-state index in [-0.39, 0.29) is 0 Å². The fraction of sp³-hybridized carbons (Fsp3) is 0.267. The smallest absolute Gasteiger partial charge is 0.140 e. The van der Waals surface area contributed by atoms with Gasteiger partial charge in [0.25, 0.3) is 0 Å². The second-order valence-electron chi connectivity index (χ2n) is 4.53. The Morgan fingerprint density at radius 3 is 2.95 bits per heavy atom. The van der Waals surface area contributed by atoms with Crippen molar-refractivity contribution in [2.75, 3.05) is 24.7 Å². The maximum Gasteiger partial charge on any atom is 0.140 e. The highest BCUT2D eigenvalue weighted by Crippen LogP contribution is 2.27. The molecule has 5 heteroatoms. The molecule has 0 aliphatic rings. The van der Waals surface area contributed by atoms with Gasteiger partial charge in [-0.25, -0.2) is 4.98 Å². The summed E-state index contributed by atoms with van der Waals surface area (Å²) in [5.74, 6) is 1.70. The van der Waals surface area contributed by atoms with Crippen molar-refractivity contribution in [2.45, 2.75) is 13.3 Å². The lowest BCUT2D eigenvalue weighted by Crippen LogP contribution is -2.08. The Labute approximate surface area is 127 Å². The first-order valence-electron chi connectivity index (χ1n) is 6.39. The van der Waals surface area contributed by atoms with Crippen LogP contribution >= 0.6 is 15.9 Å². The molecule has 0 unspecified atom stereocenters. The maximum absolute atomic E-state index is 5.81. The van der Waals surface area contributed by atoms with Gasteiger partial charge < -0.3 is 15.8 Å². The summed E-state index contributed by atoms with van der Waals surface area (Å²) >= 11 is 3.52. The molecule has 106 valence electrons. The number of pyridine rings is 1. The Morgan fingerprint density at radius 2 is 2.20 bits per heavy atom. The van der Waals surface area contributed by atoms with Gasteiger partial charge in [0.1, 0.15) is 11.6 Å². The molecule has 0 bridgehead atoms. The lowest BCUT2D eigenvalue weighted by atomic mass is 10.1. The molecule has 0 saturated heterocycles. The van der Waals surface area contributed by atoms with E-state index >= 15 is 0 Å². The molecule has 2 rings (SSSR count). The van der Waals surface area contributed by atoms with Crippen LogP contribution < -0.4 is 15.8 Å². The average Bonchev–Trinajstić information content (AvgIpc) is 2.47. The van der Waals surface area contributed by atoms with Gasteiger partial charge in [-0.15, -0.1) is 0 Å². The van der Waals surface area contributed by atoms with E-state index < -0.39 is 0 Å². The summed E-state index contributed by atoms with van der Waals surface area (Å²) in [5.41, 5.74) is 8.72. The Morgan fingerprint density at radius 1 is 1.40 bits per heavy atom. The highest BCUT2D eigenvalue weighted by atomic mass is 79.9. The van der Waals surface area contributed by atoms with E-state index in [2.05, 4.69) is 32.3 Å². The van der Waals surface area contributed by atoms with Crippen molar-refractivity contribution in [1.29, 1.82) is 0 Å². The van der Waals surface area contributed by atoms with Crippen LogP contribution in [0.5, 0.6) is 5.75 Å². The molecule has 0 amide bonds. The van der Waals surface area contributed by atoms with Crippen LogP contribution in [0.4, 0.5) is 11.5 Å². The zero-order chi connectivity index (χ0) is 14.5. The van der Waals surface area contributed by atoms with Gasteiger partial charge in [0.05, 0.1) is 23.5 Å². The number of benzene rings is 1. The topological polar surface area (TPSA) is 60.2 Å². The number of rotatable bonds is 5. The number of aromatic nitrogens is 1. The normalized spacial score (nSPS) is 10.3. The molecule has 20 heavy (non-hydrogen) atoms. The van der Waals surface area contributed by atoms with Crippen molar-refractivity contribution < 1.29 is 4.74 Å². The molecule has 4 nitrogen and oxygen atoms in total. The van der Waals surface area contributed by atoms with Crippen molar-refractivity contribution in [3.05, 3.63) is 46.1 Å². The molecule has 0 radical (unpaired) electrons.